The van der Waals surface area contributed by atoms with E-state index in [9.17, 15) is 14.7 Å². The number of esters is 1. The molecule has 0 aliphatic carbocycles. The van der Waals surface area contributed by atoms with Gasteiger partial charge in [0.1, 0.15) is 16.0 Å². The predicted octanol–water partition coefficient (Wildman–Crippen LogP) is 6.29. The summed E-state index contributed by atoms with van der Waals surface area (Å²) in [7, 11) is 2.23. The second-order valence-electron chi connectivity index (χ2n) is 9.72. The normalized spacial score (nSPS) is 18.5. The molecule has 0 radical (unpaired) electrons. The zero-order valence-electron chi connectivity index (χ0n) is 20.8. The van der Waals surface area contributed by atoms with Gasteiger partial charge in [-0.2, -0.15) is 0 Å². The second-order valence-corrected chi connectivity index (χ2v) is 18.0. The fourth-order valence-electron chi connectivity index (χ4n) is 3.18. The number of methoxy groups -OCH3 is 1. The SMILES string of the molecule is COC(=O)C(=C(C)O)N1C[C@H](SSc2cccc3sc([C@@H](C)O[Si](C)(C)C(C)(C)C)nc23)C1=O. The summed E-state index contributed by atoms with van der Waals surface area (Å²) in [5.74, 6) is -1.18. The molecule has 1 fully saturated rings. The van der Waals surface area contributed by atoms with Crippen LogP contribution < -0.4 is 0 Å². The first-order chi connectivity index (χ1) is 15.8. The van der Waals surface area contributed by atoms with Crippen molar-refractivity contribution < 1.29 is 23.9 Å². The summed E-state index contributed by atoms with van der Waals surface area (Å²) in [5, 5.41) is 10.6. The van der Waals surface area contributed by atoms with Crippen molar-refractivity contribution in [2.45, 2.75) is 69.0 Å². The third-order valence-electron chi connectivity index (χ3n) is 6.16. The van der Waals surface area contributed by atoms with Gasteiger partial charge in [0.25, 0.3) is 0 Å². The van der Waals surface area contributed by atoms with Gasteiger partial charge in [-0.05, 0) is 44.1 Å². The Balaban J connectivity index is 1.70. The van der Waals surface area contributed by atoms with Crippen molar-refractivity contribution in [1.29, 1.82) is 0 Å². The Labute approximate surface area is 213 Å². The summed E-state index contributed by atoms with van der Waals surface area (Å²) in [6.45, 7) is 14.9. The molecule has 1 N–H and O–H groups in total. The van der Waals surface area contributed by atoms with Crippen molar-refractivity contribution >= 4 is 63.3 Å². The molecule has 7 nitrogen and oxygen atoms in total. The average Bonchev–Trinajstić information content (AvgIpc) is 3.19. The first-order valence-corrected chi connectivity index (χ1v) is 16.9. The number of carbonyl (C=O) groups excluding carboxylic acids is 2. The van der Waals surface area contributed by atoms with Gasteiger partial charge in [0.05, 0.1) is 23.4 Å². The first-order valence-electron chi connectivity index (χ1n) is 11.0. The van der Waals surface area contributed by atoms with E-state index in [2.05, 4.69) is 51.6 Å². The number of carbonyl (C=O) groups is 2. The molecule has 3 rings (SSSR count). The smallest absolute Gasteiger partial charge is 0.358 e. The molecule has 0 unspecified atom stereocenters. The van der Waals surface area contributed by atoms with Gasteiger partial charge in [0.15, 0.2) is 14.0 Å². The van der Waals surface area contributed by atoms with Crippen LogP contribution in [0.3, 0.4) is 0 Å². The van der Waals surface area contributed by atoms with Gasteiger partial charge in [0, 0.05) is 11.4 Å². The topological polar surface area (TPSA) is 89.0 Å². The van der Waals surface area contributed by atoms with Crippen molar-refractivity contribution in [3.05, 3.63) is 34.7 Å². The highest BCUT2D eigenvalue weighted by atomic mass is 33.1. The minimum atomic E-state index is -1.92. The number of hydrogen-bond donors (Lipinski definition) is 1. The van der Waals surface area contributed by atoms with Crippen molar-refractivity contribution in [3.8, 4) is 0 Å². The molecule has 2 heterocycles. The van der Waals surface area contributed by atoms with E-state index >= 15 is 0 Å². The van der Waals surface area contributed by atoms with E-state index in [4.69, 9.17) is 9.41 Å². The molecule has 1 saturated heterocycles. The molecule has 11 heteroatoms. The Morgan fingerprint density at radius 3 is 2.59 bits per heavy atom. The fourth-order valence-corrected chi connectivity index (χ4v) is 8.15. The number of thiazole rings is 1. The summed E-state index contributed by atoms with van der Waals surface area (Å²) < 4.78 is 12.3. The highest BCUT2D eigenvalue weighted by Gasteiger charge is 2.43. The fraction of sp³-hybridized carbons (Fsp3) is 0.522. The number of para-hydroxylation sites is 1. The van der Waals surface area contributed by atoms with Crippen LogP contribution in [0.15, 0.2) is 34.6 Å². The standard InChI is InChI=1S/C23H32N2O5S3Si/c1-13(26)19(22(28)29-6)25-12-17(21(25)27)33-32-16-11-9-10-15-18(16)24-20(31-15)14(2)30-34(7,8)23(3,4)5/h9-11,14,17,26H,12H2,1-8H3/t14-,17+/m1/s1. The highest BCUT2D eigenvalue weighted by Crippen LogP contribution is 2.45. The van der Waals surface area contributed by atoms with Crippen LogP contribution in [0.25, 0.3) is 10.2 Å². The van der Waals surface area contributed by atoms with Gasteiger partial charge in [0.2, 0.25) is 5.91 Å². The number of aliphatic hydroxyl groups excluding tert-OH is 1. The van der Waals surface area contributed by atoms with Gasteiger partial charge in [-0.3, -0.25) is 4.79 Å². The number of amides is 1. The molecule has 1 aromatic carbocycles. The van der Waals surface area contributed by atoms with Crippen molar-refractivity contribution in [3.63, 3.8) is 0 Å². The molecule has 1 aliphatic rings. The third kappa shape index (κ3) is 5.48. The van der Waals surface area contributed by atoms with Gasteiger partial charge < -0.3 is 19.2 Å². The van der Waals surface area contributed by atoms with Crippen LogP contribution in [0.1, 0.15) is 45.7 Å². The Kier molecular flexibility index (Phi) is 8.13. The number of aliphatic hydroxyl groups is 1. The van der Waals surface area contributed by atoms with Crippen LogP contribution in [0, 0.1) is 0 Å². The van der Waals surface area contributed by atoms with E-state index in [1.807, 2.05) is 12.1 Å². The molecular weight excluding hydrogens is 509 g/mol. The van der Waals surface area contributed by atoms with Crippen LogP contribution in [0.4, 0.5) is 0 Å². The predicted molar refractivity (Wildman–Crippen MR) is 143 cm³/mol. The Morgan fingerprint density at radius 1 is 1.35 bits per heavy atom. The van der Waals surface area contributed by atoms with Gasteiger partial charge in [-0.1, -0.05) is 48.4 Å². The number of β-lactam (4-membered cyclic amide) rings is 1. The maximum atomic E-state index is 12.6. The number of aromatic nitrogens is 1. The number of fused-ring (bicyclic) bond motifs is 1. The van der Waals surface area contributed by atoms with E-state index in [1.54, 1.807) is 11.3 Å². The number of nitrogens with zero attached hydrogens (tertiary/aromatic N) is 2. The summed E-state index contributed by atoms with van der Waals surface area (Å²) in [6.07, 6.45) is -0.0872. The Bertz CT molecular complexity index is 1120. The zero-order chi connectivity index (χ0) is 25.4. The molecule has 1 aliphatic heterocycles. The summed E-state index contributed by atoms with van der Waals surface area (Å²) in [6, 6.07) is 6.05. The minimum absolute atomic E-state index is 0.0872. The lowest BCUT2D eigenvalue weighted by atomic mass is 10.1. The van der Waals surface area contributed by atoms with Crippen LogP contribution in [-0.2, 0) is 18.8 Å². The number of ether oxygens (including phenoxy) is 1. The van der Waals surface area contributed by atoms with Crippen molar-refractivity contribution in [1.82, 2.24) is 9.88 Å². The molecule has 1 amide bonds. The van der Waals surface area contributed by atoms with Crippen LogP contribution >= 0.6 is 32.9 Å². The summed E-state index contributed by atoms with van der Waals surface area (Å²) in [5.41, 5.74) is 0.812. The molecule has 1 aromatic heterocycles. The van der Waals surface area contributed by atoms with Crippen molar-refractivity contribution in [2.24, 2.45) is 0 Å². The monoisotopic (exact) mass is 540 g/mol. The summed E-state index contributed by atoms with van der Waals surface area (Å²) in [4.78, 5) is 31.7. The van der Waals surface area contributed by atoms with Gasteiger partial charge >= 0.3 is 5.97 Å². The Morgan fingerprint density at radius 2 is 2.03 bits per heavy atom. The van der Waals surface area contributed by atoms with Crippen LogP contribution in [0.5, 0.6) is 0 Å². The Hall–Kier alpha value is -1.53. The molecule has 2 atom stereocenters. The van der Waals surface area contributed by atoms with E-state index < -0.39 is 14.3 Å². The number of rotatable bonds is 8. The first kappa shape index (κ1) is 27.1. The van der Waals surface area contributed by atoms with Gasteiger partial charge in [-0.15, -0.1) is 11.3 Å². The van der Waals surface area contributed by atoms with Crippen molar-refractivity contribution in [2.75, 3.05) is 13.7 Å². The maximum absolute atomic E-state index is 12.6. The molecule has 186 valence electrons. The molecule has 2 aromatic rings. The van der Waals surface area contributed by atoms with E-state index in [-0.39, 0.29) is 33.8 Å². The molecule has 0 spiro atoms. The number of benzene rings is 1. The maximum Gasteiger partial charge on any atom is 0.358 e. The van der Waals surface area contributed by atoms with E-state index in [0.29, 0.717) is 6.54 Å². The van der Waals surface area contributed by atoms with Crippen LogP contribution in [0.2, 0.25) is 18.1 Å². The number of allylic oxidation sites excluding steroid dienone is 1. The quantitative estimate of drug-likeness (QED) is 0.104. The molecular formula is C23H32N2O5S3Si. The highest BCUT2D eigenvalue weighted by molar-refractivity contribution is 8.77. The molecule has 0 saturated carbocycles. The van der Waals surface area contributed by atoms with E-state index in [0.717, 1.165) is 20.1 Å². The lowest BCUT2D eigenvalue weighted by molar-refractivity contribution is -0.146. The lowest BCUT2D eigenvalue weighted by Gasteiger charge is -2.38. The average molecular weight is 541 g/mol. The van der Waals surface area contributed by atoms with E-state index in [1.165, 1.54) is 40.5 Å². The largest absolute Gasteiger partial charge is 0.510 e. The summed E-state index contributed by atoms with van der Waals surface area (Å²) >= 11 is 1.64. The minimum Gasteiger partial charge on any atom is -0.510 e. The van der Waals surface area contributed by atoms with Crippen LogP contribution in [-0.4, -0.2) is 54.1 Å². The number of likely N-dealkylation sites (tertiary alicyclic amines) is 1. The lowest BCUT2D eigenvalue weighted by Crippen LogP contribution is -2.55. The molecule has 34 heavy (non-hydrogen) atoms. The zero-order valence-corrected chi connectivity index (χ0v) is 24.2. The van der Waals surface area contributed by atoms with Gasteiger partial charge in [-0.25, -0.2) is 9.78 Å². The number of hydrogen-bond acceptors (Lipinski definition) is 9. The third-order valence-corrected chi connectivity index (χ3v) is 14.6. The molecule has 0 bridgehead atoms. The second kappa shape index (κ2) is 10.2.